The van der Waals surface area contributed by atoms with Crippen LogP contribution in [0.5, 0.6) is 0 Å². The number of morpholine rings is 1. The molecule has 2 heterocycles. The molecule has 2 aromatic rings. The van der Waals surface area contributed by atoms with Gasteiger partial charge in [-0.15, -0.1) is 0 Å². The molecular weight excluding hydrogens is 318 g/mol. The highest BCUT2D eigenvalue weighted by atomic mass is 35.5. The molecule has 1 aliphatic heterocycles. The highest BCUT2D eigenvalue weighted by molar-refractivity contribution is 6.30. The van der Waals surface area contributed by atoms with Crippen molar-refractivity contribution in [2.45, 2.75) is 6.42 Å². The van der Waals surface area contributed by atoms with Crippen LogP contribution in [0.15, 0.2) is 30.5 Å². The van der Waals surface area contributed by atoms with Crippen LogP contribution in [0.25, 0.3) is 0 Å². The molecule has 0 radical (unpaired) electrons. The van der Waals surface area contributed by atoms with Crippen molar-refractivity contribution < 1.29 is 14.6 Å². The Kier molecular flexibility index (Phi) is 4.73. The Morgan fingerprint density at radius 1 is 1.26 bits per heavy atom. The van der Waals surface area contributed by atoms with Gasteiger partial charge in [-0.2, -0.15) is 0 Å². The highest BCUT2D eigenvalue weighted by Gasteiger charge is 2.21. The van der Waals surface area contributed by atoms with Crippen molar-refractivity contribution in [1.82, 2.24) is 9.97 Å². The largest absolute Gasteiger partial charge is 0.477 e. The number of hydrogen-bond donors (Lipinski definition) is 1. The monoisotopic (exact) mass is 333 g/mol. The van der Waals surface area contributed by atoms with Crippen molar-refractivity contribution in [3.63, 3.8) is 0 Å². The molecule has 7 heteroatoms. The van der Waals surface area contributed by atoms with E-state index in [-0.39, 0.29) is 5.56 Å². The minimum Gasteiger partial charge on any atom is -0.477 e. The number of aromatic carboxylic acids is 1. The molecule has 0 amide bonds. The van der Waals surface area contributed by atoms with Crippen molar-refractivity contribution in [2.24, 2.45) is 0 Å². The highest BCUT2D eigenvalue weighted by Crippen LogP contribution is 2.20. The van der Waals surface area contributed by atoms with Gasteiger partial charge in [0.1, 0.15) is 17.2 Å². The Morgan fingerprint density at radius 3 is 2.61 bits per heavy atom. The molecule has 23 heavy (non-hydrogen) atoms. The van der Waals surface area contributed by atoms with Crippen molar-refractivity contribution in [3.8, 4) is 0 Å². The van der Waals surface area contributed by atoms with Crippen LogP contribution < -0.4 is 4.90 Å². The molecule has 0 bridgehead atoms. The van der Waals surface area contributed by atoms with Crippen molar-refractivity contribution >= 4 is 23.4 Å². The lowest BCUT2D eigenvalue weighted by Crippen LogP contribution is -2.38. The van der Waals surface area contributed by atoms with Gasteiger partial charge in [0.15, 0.2) is 0 Å². The van der Waals surface area contributed by atoms with E-state index in [0.717, 1.165) is 5.56 Å². The summed E-state index contributed by atoms with van der Waals surface area (Å²) in [5.74, 6) is 0.0168. The minimum absolute atomic E-state index is 0.117. The van der Waals surface area contributed by atoms with E-state index in [0.29, 0.717) is 49.4 Å². The number of aromatic nitrogens is 2. The van der Waals surface area contributed by atoms with E-state index >= 15 is 0 Å². The number of carboxylic acid groups (broad SMARTS) is 1. The molecule has 0 unspecified atom stereocenters. The fourth-order valence-corrected chi connectivity index (χ4v) is 2.57. The molecule has 3 rings (SSSR count). The maximum atomic E-state index is 11.4. The van der Waals surface area contributed by atoms with Gasteiger partial charge in [0, 0.05) is 30.7 Å². The number of carboxylic acids is 1. The number of carbonyl (C=O) groups is 1. The van der Waals surface area contributed by atoms with E-state index in [1.807, 2.05) is 29.2 Å². The van der Waals surface area contributed by atoms with Crippen molar-refractivity contribution in [3.05, 3.63) is 52.4 Å². The van der Waals surface area contributed by atoms with Gasteiger partial charge in [-0.25, -0.2) is 14.8 Å². The topological polar surface area (TPSA) is 75.5 Å². The number of ether oxygens (including phenoxy) is 1. The zero-order valence-electron chi connectivity index (χ0n) is 12.4. The second-order valence-corrected chi connectivity index (χ2v) is 5.67. The third-order valence-corrected chi connectivity index (χ3v) is 3.89. The summed E-state index contributed by atoms with van der Waals surface area (Å²) in [6.07, 6.45) is 1.90. The van der Waals surface area contributed by atoms with Crippen LogP contribution in [0.1, 0.15) is 21.7 Å². The molecule has 1 aromatic carbocycles. The molecule has 0 atom stereocenters. The minimum atomic E-state index is -1.02. The quantitative estimate of drug-likeness (QED) is 0.925. The van der Waals surface area contributed by atoms with E-state index in [9.17, 15) is 9.90 Å². The molecular formula is C16H16ClN3O3. The smallest absolute Gasteiger partial charge is 0.341 e. The van der Waals surface area contributed by atoms with E-state index in [2.05, 4.69) is 9.97 Å². The fraction of sp³-hybridized carbons (Fsp3) is 0.312. The van der Waals surface area contributed by atoms with Crippen LogP contribution in [-0.4, -0.2) is 47.3 Å². The third kappa shape index (κ3) is 3.78. The van der Waals surface area contributed by atoms with Crippen LogP contribution in [-0.2, 0) is 11.2 Å². The molecule has 0 aliphatic carbocycles. The first-order valence-corrected chi connectivity index (χ1v) is 7.67. The number of hydrogen-bond acceptors (Lipinski definition) is 5. The van der Waals surface area contributed by atoms with Gasteiger partial charge in [-0.1, -0.05) is 23.7 Å². The predicted octanol–water partition coefficient (Wildman–Crippen LogP) is 2.26. The van der Waals surface area contributed by atoms with Crippen LogP contribution in [0.2, 0.25) is 5.02 Å². The number of halogens is 1. The van der Waals surface area contributed by atoms with Crippen LogP contribution >= 0.6 is 11.6 Å². The van der Waals surface area contributed by atoms with Gasteiger partial charge in [0.2, 0.25) is 0 Å². The Morgan fingerprint density at radius 2 is 1.96 bits per heavy atom. The standard InChI is InChI=1S/C16H16ClN3O3/c17-12-3-1-11(2-4-12)9-14-18-10-13(16(21)22)15(19-14)20-5-7-23-8-6-20/h1-4,10H,5-9H2,(H,21,22). The molecule has 1 N–H and O–H groups in total. The lowest BCUT2D eigenvalue weighted by atomic mass is 10.1. The van der Waals surface area contributed by atoms with Gasteiger partial charge in [-0.05, 0) is 17.7 Å². The predicted molar refractivity (Wildman–Crippen MR) is 86.3 cm³/mol. The van der Waals surface area contributed by atoms with Crippen molar-refractivity contribution in [1.29, 1.82) is 0 Å². The zero-order chi connectivity index (χ0) is 16.2. The molecule has 1 saturated heterocycles. The van der Waals surface area contributed by atoms with E-state index in [1.54, 1.807) is 0 Å². The summed E-state index contributed by atoms with van der Waals surface area (Å²) in [4.78, 5) is 22.0. The average molecular weight is 334 g/mol. The second-order valence-electron chi connectivity index (χ2n) is 5.23. The Labute approximate surface area is 138 Å². The first-order valence-electron chi connectivity index (χ1n) is 7.30. The molecule has 0 spiro atoms. The average Bonchev–Trinajstić information content (AvgIpc) is 2.57. The van der Waals surface area contributed by atoms with Gasteiger partial charge in [-0.3, -0.25) is 0 Å². The van der Waals surface area contributed by atoms with Crippen LogP contribution in [0.4, 0.5) is 5.82 Å². The molecule has 1 aromatic heterocycles. The summed E-state index contributed by atoms with van der Waals surface area (Å²) < 4.78 is 5.31. The van der Waals surface area contributed by atoms with E-state index in [4.69, 9.17) is 16.3 Å². The molecule has 1 aliphatic rings. The van der Waals surface area contributed by atoms with Gasteiger partial charge in [0.05, 0.1) is 13.2 Å². The van der Waals surface area contributed by atoms with Gasteiger partial charge in [0.25, 0.3) is 0 Å². The summed E-state index contributed by atoms with van der Waals surface area (Å²) in [7, 11) is 0. The third-order valence-electron chi connectivity index (χ3n) is 3.64. The first kappa shape index (κ1) is 15.7. The van der Waals surface area contributed by atoms with Crippen LogP contribution in [0, 0.1) is 0 Å². The Balaban J connectivity index is 1.89. The zero-order valence-corrected chi connectivity index (χ0v) is 13.2. The number of anilines is 1. The molecule has 1 fully saturated rings. The summed E-state index contributed by atoms with van der Waals surface area (Å²) in [6.45, 7) is 2.38. The lowest BCUT2D eigenvalue weighted by Gasteiger charge is -2.28. The first-order chi connectivity index (χ1) is 11.1. The summed E-state index contributed by atoms with van der Waals surface area (Å²) in [5, 5.41) is 10.0. The Bertz CT molecular complexity index is 700. The lowest BCUT2D eigenvalue weighted by molar-refractivity contribution is 0.0695. The normalized spacial score (nSPS) is 14.7. The molecule has 120 valence electrons. The summed E-state index contributed by atoms with van der Waals surface area (Å²) in [5.41, 5.74) is 1.14. The van der Waals surface area contributed by atoms with Crippen LogP contribution in [0.3, 0.4) is 0 Å². The summed E-state index contributed by atoms with van der Waals surface area (Å²) in [6, 6.07) is 7.44. The summed E-state index contributed by atoms with van der Waals surface area (Å²) >= 11 is 5.88. The fourth-order valence-electron chi connectivity index (χ4n) is 2.45. The van der Waals surface area contributed by atoms with Gasteiger partial charge >= 0.3 is 5.97 Å². The number of nitrogens with zero attached hydrogens (tertiary/aromatic N) is 3. The van der Waals surface area contributed by atoms with Gasteiger partial charge < -0.3 is 14.7 Å². The second kappa shape index (κ2) is 6.93. The van der Waals surface area contributed by atoms with E-state index in [1.165, 1.54) is 6.20 Å². The maximum Gasteiger partial charge on any atom is 0.341 e. The maximum absolute atomic E-state index is 11.4. The molecule has 0 saturated carbocycles. The number of benzene rings is 1. The van der Waals surface area contributed by atoms with Crippen molar-refractivity contribution in [2.75, 3.05) is 31.2 Å². The molecule has 6 nitrogen and oxygen atoms in total. The SMILES string of the molecule is O=C(O)c1cnc(Cc2ccc(Cl)cc2)nc1N1CCOCC1. The number of rotatable bonds is 4. The Hall–Kier alpha value is -2.18. The van der Waals surface area contributed by atoms with E-state index < -0.39 is 5.97 Å².